The molecule has 3 rings (SSSR count). The molecule has 2 aliphatic rings. The second-order valence-corrected chi connectivity index (χ2v) is 6.83. The molecule has 6 heteroatoms. The lowest BCUT2D eigenvalue weighted by atomic mass is 10.1. The van der Waals surface area contributed by atoms with E-state index in [4.69, 9.17) is 4.74 Å². The van der Waals surface area contributed by atoms with Gasteiger partial charge in [-0.1, -0.05) is 15.9 Å². The molecular formula is C16H25BrClN3O. The van der Waals surface area contributed by atoms with Gasteiger partial charge < -0.3 is 10.1 Å². The predicted molar refractivity (Wildman–Crippen MR) is 96.1 cm³/mol. The lowest BCUT2D eigenvalue weighted by Crippen LogP contribution is -2.50. The molecule has 0 saturated carbocycles. The van der Waals surface area contributed by atoms with Crippen LogP contribution in [0.5, 0.6) is 5.75 Å². The van der Waals surface area contributed by atoms with Crippen LogP contribution in [0.1, 0.15) is 12.0 Å². The topological polar surface area (TPSA) is 27.7 Å². The molecule has 2 fully saturated rings. The number of ether oxygens (including phenoxy) is 1. The second-order valence-electron chi connectivity index (χ2n) is 5.91. The van der Waals surface area contributed by atoms with Crippen molar-refractivity contribution < 1.29 is 4.74 Å². The quantitative estimate of drug-likeness (QED) is 0.854. The van der Waals surface area contributed by atoms with Crippen molar-refractivity contribution in [2.75, 3.05) is 46.4 Å². The van der Waals surface area contributed by atoms with E-state index in [0.29, 0.717) is 0 Å². The molecule has 1 N–H and O–H groups in total. The van der Waals surface area contributed by atoms with Gasteiger partial charge in [-0.2, -0.15) is 0 Å². The number of piperazine rings is 1. The molecule has 2 saturated heterocycles. The highest BCUT2D eigenvalue weighted by atomic mass is 79.9. The summed E-state index contributed by atoms with van der Waals surface area (Å²) in [6, 6.07) is 7.01. The third-order valence-corrected chi connectivity index (χ3v) is 5.09. The molecule has 0 aromatic heterocycles. The van der Waals surface area contributed by atoms with Crippen LogP contribution in [0.4, 0.5) is 0 Å². The molecular weight excluding hydrogens is 366 g/mol. The first kappa shape index (κ1) is 18.0. The predicted octanol–water partition coefficient (Wildman–Crippen LogP) is 2.36. The van der Waals surface area contributed by atoms with Gasteiger partial charge in [-0.05, 0) is 31.2 Å². The Morgan fingerprint density at radius 3 is 2.68 bits per heavy atom. The molecule has 2 heterocycles. The van der Waals surface area contributed by atoms with E-state index in [2.05, 4.69) is 37.1 Å². The number of rotatable bonds is 4. The Morgan fingerprint density at radius 2 is 2.05 bits per heavy atom. The molecule has 22 heavy (non-hydrogen) atoms. The lowest BCUT2D eigenvalue weighted by Gasteiger charge is -2.38. The average Bonchev–Trinajstić information content (AvgIpc) is 3.03. The highest BCUT2D eigenvalue weighted by Gasteiger charge is 2.26. The van der Waals surface area contributed by atoms with Crippen LogP contribution in [0.3, 0.4) is 0 Å². The van der Waals surface area contributed by atoms with Crippen LogP contribution in [0.25, 0.3) is 0 Å². The van der Waals surface area contributed by atoms with Crippen LogP contribution in [-0.2, 0) is 6.54 Å². The van der Waals surface area contributed by atoms with Gasteiger partial charge in [0.15, 0.2) is 0 Å². The Balaban J connectivity index is 0.00000176. The third-order valence-electron chi connectivity index (χ3n) is 4.59. The minimum Gasteiger partial charge on any atom is -0.496 e. The van der Waals surface area contributed by atoms with E-state index in [1.807, 2.05) is 12.1 Å². The number of benzene rings is 1. The zero-order chi connectivity index (χ0) is 14.7. The van der Waals surface area contributed by atoms with Gasteiger partial charge in [-0.3, -0.25) is 9.80 Å². The summed E-state index contributed by atoms with van der Waals surface area (Å²) in [6.45, 7) is 7.97. The Bertz CT molecular complexity index is 474. The fourth-order valence-electron chi connectivity index (χ4n) is 3.35. The summed E-state index contributed by atoms with van der Waals surface area (Å²) in [5, 5.41) is 3.46. The van der Waals surface area contributed by atoms with E-state index >= 15 is 0 Å². The monoisotopic (exact) mass is 389 g/mol. The maximum Gasteiger partial charge on any atom is 0.123 e. The molecule has 1 aromatic rings. The minimum absolute atomic E-state index is 0. The molecule has 1 aromatic carbocycles. The maximum absolute atomic E-state index is 5.48. The Labute approximate surface area is 147 Å². The Kier molecular flexibility index (Phi) is 6.96. The number of halogens is 2. The molecule has 0 radical (unpaired) electrons. The number of hydrogen-bond acceptors (Lipinski definition) is 4. The molecule has 1 unspecified atom stereocenters. The first-order valence-electron chi connectivity index (χ1n) is 7.76. The standard InChI is InChI=1S/C16H24BrN3O.ClH/c1-21-16-3-2-14(17)10-13(16)12-19-6-8-20(9-7-19)15-4-5-18-11-15;/h2-3,10,15,18H,4-9,11-12H2,1H3;1H. The van der Waals surface area contributed by atoms with Gasteiger partial charge in [-0.15, -0.1) is 12.4 Å². The first-order chi connectivity index (χ1) is 10.3. The van der Waals surface area contributed by atoms with Crippen molar-refractivity contribution in [1.82, 2.24) is 15.1 Å². The van der Waals surface area contributed by atoms with E-state index in [9.17, 15) is 0 Å². The van der Waals surface area contributed by atoms with E-state index in [0.717, 1.165) is 35.9 Å². The number of nitrogens with one attached hydrogen (secondary N) is 1. The number of nitrogens with zero attached hydrogens (tertiary/aromatic N) is 2. The van der Waals surface area contributed by atoms with Crippen molar-refractivity contribution in [3.05, 3.63) is 28.2 Å². The fraction of sp³-hybridized carbons (Fsp3) is 0.625. The van der Waals surface area contributed by atoms with Gasteiger partial charge in [0, 0.05) is 55.3 Å². The summed E-state index contributed by atoms with van der Waals surface area (Å²) >= 11 is 3.56. The molecule has 0 amide bonds. The Hall–Kier alpha value is -0.330. The summed E-state index contributed by atoms with van der Waals surface area (Å²) in [7, 11) is 1.75. The fourth-order valence-corrected chi connectivity index (χ4v) is 3.76. The average molecular weight is 391 g/mol. The van der Waals surface area contributed by atoms with Gasteiger partial charge in [-0.25, -0.2) is 0 Å². The molecule has 124 valence electrons. The summed E-state index contributed by atoms with van der Waals surface area (Å²) in [6.07, 6.45) is 1.31. The first-order valence-corrected chi connectivity index (χ1v) is 8.55. The zero-order valence-electron chi connectivity index (χ0n) is 13.1. The van der Waals surface area contributed by atoms with Gasteiger partial charge in [0.05, 0.1) is 7.11 Å². The maximum atomic E-state index is 5.48. The summed E-state index contributed by atoms with van der Waals surface area (Å²) < 4.78 is 6.60. The molecule has 0 aliphatic carbocycles. The number of methoxy groups -OCH3 is 1. The zero-order valence-corrected chi connectivity index (χ0v) is 15.5. The SMILES string of the molecule is COc1ccc(Br)cc1CN1CCN(C2CCNC2)CC1.Cl. The summed E-state index contributed by atoms with van der Waals surface area (Å²) in [5.74, 6) is 0.987. The van der Waals surface area contributed by atoms with Crippen LogP contribution in [0, 0.1) is 0 Å². The van der Waals surface area contributed by atoms with E-state index < -0.39 is 0 Å². The molecule has 0 bridgehead atoms. The van der Waals surface area contributed by atoms with Crippen LogP contribution in [0.2, 0.25) is 0 Å². The normalized spacial score (nSPS) is 23.3. The summed E-state index contributed by atoms with van der Waals surface area (Å²) in [5.41, 5.74) is 1.27. The van der Waals surface area contributed by atoms with Crippen molar-refractivity contribution in [1.29, 1.82) is 0 Å². The van der Waals surface area contributed by atoms with Crippen molar-refractivity contribution in [3.63, 3.8) is 0 Å². The van der Waals surface area contributed by atoms with Crippen LogP contribution >= 0.6 is 28.3 Å². The van der Waals surface area contributed by atoms with Crippen molar-refractivity contribution in [2.24, 2.45) is 0 Å². The highest BCUT2D eigenvalue weighted by Crippen LogP contribution is 2.25. The van der Waals surface area contributed by atoms with Crippen molar-refractivity contribution in [3.8, 4) is 5.75 Å². The largest absolute Gasteiger partial charge is 0.496 e. The lowest BCUT2D eigenvalue weighted by molar-refractivity contribution is 0.0976. The van der Waals surface area contributed by atoms with Gasteiger partial charge in [0.1, 0.15) is 5.75 Å². The van der Waals surface area contributed by atoms with Crippen molar-refractivity contribution >= 4 is 28.3 Å². The highest BCUT2D eigenvalue weighted by molar-refractivity contribution is 9.10. The van der Waals surface area contributed by atoms with Gasteiger partial charge in [0.2, 0.25) is 0 Å². The van der Waals surface area contributed by atoms with Gasteiger partial charge >= 0.3 is 0 Å². The van der Waals surface area contributed by atoms with Crippen LogP contribution in [0.15, 0.2) is 22.7 Å². The molecule has 1 atom stereocenters. The second kappa shape index (κ2) is 8.50. The Morgan fingerprint density at radius 1 is 1.27 bits per heavy atom. The molecule has 0 spiro atoms. The molecule has 2 aliphatic heterocycles. The minimum atomic E-state index is 0. The van der Waals surface area contributed by atoms with E-state index in [1.54, 1.807) is 7.11 Å². The van der Waals surface area contributed by atoms with Crippen molar-refractivity contribution in [2.45, 2.75) is 19.0 Å². The summed E-state index contributed by atoms with van der Waals surface area (Å²) in [4.78, 5) is 5.18. The number of hydrogen-bond donors (Lipinski definition) is 1. The van der Waals surface area contributed by atoms with E-state index in [-0.39, 0.29) is 12.4 Å². The third kappa shape index (κ3) is 4.36. The van der Waals surface area contributed by atoms with E-state index in [1.165, 1.54) is 38.2 Å². The molecule has 4 nitrogen and oxygen atoms in total. The van der Waals surface area contributed by atoms with Crippen LogP contribution in [-0.4, -0.2) is 62.2 Å². The van der Waals surface area contributed by atoms with Crippen LogP contribution < -0.4 is 10.1 Å². The smallest absolute Gasteiger partial charge is 0.123 e. The van der Waals surface area contributed by atoms with Gasteiger partial charge in [0.25, 0.3) is 0 Å².